The van der Waals surface area contributed by atoms with Gasteiger partial charge in [0.2, 0.25) is 10.0 Å². The minimum Gasteiger partial charge on any atom is -0.335 e. The van der Waals surface area contributed by atoms with E-state index in [1.807, 2.05) is 67.6 Å². The van der Waals surface area contributed by atoms with Crippen molar-refractivity contribution in [2.45, 2.75) is 6.92 Å². The number of aromatic nitrogens is 1. The second-order valence-electron chi connectivity index (χ2n) is 7.25. The number of carbonyl (C=O) groups excluding carboxylic acids is 1. The first-order chi connectivity index (χ1) is 14.9. The molecule has 1 aromatic heterocycles. The maximum atomic E-state index is 13.0. The lowest BCUT2D eigenvalue weighted by atomic mass is 10.2. The molecule has 1 aliphatic rings. The van der Waals surface area contributed by atoms with Crippen LogP contribution in [0.5, 0.6) is 0 Å². The molecule has 0 radical (unpaired) electrons. The standard InChI is InChI=1S/C23H23N3O3S2/c1-18-21(30-22(24-18)20-10-6-3-7-11-20)23(27)25-13-15-26(16-14-25)31(28,29)17-12-19-8-4-2-5-9-19/h2-12,17H,13-16H2,1H3/b17-12+. The van der Waals surface area contributed by atoms with Crippen molar-refractivity contribution in [3.05, 3.63) is 82.2 Å². The molecule has 2 aromatic carbocycles. The molecule has 0 spiro atoms. The molecule has 0 aliphatic carbocycles. The van der Waals surface area contributed by atoms with Gasteiger partial charge in [-0.15, -0.1) is 11.3 Å². The summed E-state index contributed by atoms with van der Waals surface area (Å²) < 4.78 is 26.7. The highest BCUT2D eigenvalue weighted by Crippen LogP contribution is 2.29. The molecule has 0 bridgehead atoms. The number of amides is 1. The van der Waals surface area contributed by atoms with Crippen molar-refractivity contribution in [1.29, 1.82) is 0 Å². The zero-order chi connectivity index (χ0) is 21.8. The largest absolute Gasteiger partial charge is 0.335 e. The van der Waals surface area contributed by atoms with E-state index in [2.05, 4.69) is 4.98 Å². The first-order valence-electron chi connectivity index (χ1n) is 9.99. The zero-order valence-corrected chi connectivity index (χ0v) is 18.8. The predicted octanol–water partition coefficient (Wildman–Crippen LogP) is 3.88. The Bertz CT molecular complexity index is 1180. The van der Waals surface area contributed by atoms with E-state index in [9.17, 15) is 13.2 Å². The molecular formula is C23H23N3O3S2. The van der Waals surface area contributed by atoms with Crippen molar-refractivity contribution in [3.8, 4) is 10.6 Å². The molecule has 3 aromatic rings. The number of rotatable bonds is 5. The summed E-state index contributed by atoms with van der Waals surface area (Å²) in [7, 11) is -3.53. The number of hydrogen-bond acceptors (Lipinski definition) is 5. The van der Waals surface area contributed by atoms with Gasteiger partial charge in [0.25, 0.3) is 5.91 Å². The molecule has 8 heteroatoms. The lowest BCUT2D eigenvalue weighted by molar-refractivity contribution is 0.0702. The number of carbonyl (C=O) groups is 1. The van der Waals surface area contributed by atoms with Crippen LogP contribution < -0.4 is 0 Å². The van der Waals surface area contributed by atoms with E-state index >= 15 is 0 Å². The lowest BCUT2D eigenvalue weighted by Gasteiger charge is -2.33. The number of sulfonamides is 1. The van der Waals surface area contributed by atoms with Gasteiger partial charge in [0, 0.05) is 37.2 Å². The fraction of sp³-hybridized carbons (Fsp3) is 0.217. The average Bonchev–Trinajstić information content (AvgIpc) is 3.20. The maximum Gasteiger partial charge on any atom is 0.265 e. The van der Waals surface area contributed by atoms with Gasteiger partial charge in [-0.2, -0.15) is 4.31 Å². The topological polar surface area (TPSA) is 70.6 Å². The highest BCUT2D eigenvalue weighted by molar-refractivity contribution is 7.92. The normalized spacial score (nSPS) is 15.5. The van der Waals surface area contributed by atoms with Crippen molar-refractivity contribution >= 4 is 33.3 Å². The first kappa shape index (κ1) is 21.4. The minimum absolute atomic E-state index is 0.0888. The second-order valence-corrected chi connectivity index (χ2v) is 10.1. The van der Waals surface area contributed by atoms with Crippen LogP contribution in [0.15, 0.2) is 66.1 Å². The van der Waals surface area contributed by atoms with E-state index in [1.165, 1.54) is 21.1 Å². The fourth-order valence-electron chi connectivity index (χ4n) is 3.40. The fourth-order valence-corrected chi connectivity index (χ4v) is 5.62. The van der Waals surface area contributed by atoms with E-state index in [4.69, 9.17) is 0 Å². The van der Waals surface area contributed by atoms with Gasteiger partial charge in [-0.25, -0.2) is 13.4 Å². The van der Waals surface area contributed by atoms with Crippen molar-refractivity contribution in [1.82, 2.24) is 14.2 Å². The quantitative estimate of drug-likeness (QED) is 0.588. The van der Waals surface area contributed by atoms with Gasteiger partial charge in [-0.3, -0.25) is 4.79 Å². The Morgan fingerprint density at radius 2 is 1.58 bits per heavy atom. The minimum atomic E-state index is -3.53. The molecule has 1 aliphatic heterocycles. The summed E-state index contributed by atoms with van der Waals surface area (Å²) >= 11 is 1.38. The van der Waals surface area contributed by atoms with Gasteiger partial charge in [-0.1, -0.05) is 60.7 Å². The maximum absolute atomic E-state index is 13.0. The Morgan fingerprint density at radius 1 is 0.968 bits per heavy atom. The van der Waals surface area contributed by atoms with Crippen LogP contribution in [-0.2, 0) is 10.0 Å². The molecule has 6 nitrogen and oxygen atoms in total. The summed E-state index contributed by atoms with van der Waals surface area (Å²) in [5.74, 6) is -0.0888. The Hall–Kier alpha value is -2.81. The first-order valence-corrected chi connectivity index (χ1v) is 12.3. The zero-order valence-electron chi connectivity index (χ0n) is 17.1. The van der Waals surface area contributed by atoms with Crippen LogP contribution in [0.1, 0.15) is 20.9 Å². The molecule has 160 valence electrons. The van der Waals surface area contributed by atoms with E-state index in [1.54, 1.807) is 11.0 Å². The predicted molar refractivity (Wildman–Crippen MR) is 124 cm³/mol. The van der Waals surface area contributed by atoms with Crippen molar-refractivity contribution < 1.29 is 13.2 Å². The molecule has 0 N–H and O–H groups in total. The number of nitrogens with zero attached hydrogens (tertiary/aromatic N) is 3. The van der Waals surface area contributed by atoms with Crippen molar-refractivity contribution in [3.63, 3.8) is 0 Å². The Kier molecular flexibility index (Phi) is 6.31. The van der Waals surface area contributed by atoms with E-state index in [-0.39, 0.29) is 19.0 Å². The van der Waals surface area contributed by atoms with Crippen LogP contribution in [0, 0.1) is 6.92 Å². The SMILES string of the molecule is Cc1nc(-c2ccccc2)sc1C(=O)N1CCN(S(=O)(=O)/C=C/c2ccccc2)CC1. The average molecular weight is 454 g/mol. The Balaban J connectivity index is 1.41. The van der Waals surface area contributed by atoms with E-state index in [0.717, 1.165) is 16.1 Å². The van der Waals surface area contributed by atoms with E-state index < -0.39 is 10.0 Å². The molecule has 4 rings (SSSR count). The van der Waals surface area contributed by atoms with Gasteiger partial charge in [0.1, 0.15) is 9.88 Å². The van der Waals surface area contributed by atoms with Crippen LogP contribution >= 0.6 is 11.3 Å². The third-order valence-corrected chi connectivity index (χ3v) is 7.89. The molecule has 0 saturated carbocycles. The number of piperazine rings is 1. The number of benzene rings is 2. The van der Waals surface area contributed by atoms with Crippen molar-refractivity contribution in [2.24, 2.45) is 0 Å². The van der Waals surface area contributed by atoms with Crippen LogP contribution in [0.2, 0.25) is 0 Å². The number of thiazole rings is 1. The molecule has 31 heavy (non-hydrogen) atoms. The summed E-state index contributed by atoms with van der Waals surface area (Å²) in [5, 5.41) is 2.05. The number of hydrogen-bond donors (Lipinski definition) is 0. The van der Waals surface area contributed by atoms with Crippen LogP contribution in [0.3, 0.4) is 0 Å². The van der Waals surface area contributed by atoms with Gasteiger partial charge >= 0.3 is 0 Å². The van der Waals surface area contributed by atoms with Crippen LogP contribution in [0.4, 0.5) is 0 Å². The highest BCUT2D eigenvalue weighted by atomic mass is 32.2. The lowest BCUT2D eigenvalue weighted by Crippen LogP contribution is -2.50. The monoisotopic (exact) mass is 453 g/mol. The van der Waals surface area contributed by atoms with Gasteiger partial charge in [-0.05, 0) is 18.6 Å². The van der Waals surface area contributed by atoms with Crippen LogP contribution in [-0.4, -0.2) is 54.7 Å². The Labute approximate surface area is 186 Å². The molecule has 1 amide bonds. The van der Waals surface area contributed by atoms with Gasteiger partial charge in [0.15, 0.2) is 0 Å². The molecule has 1 fully saturated rings. The summed E-state index contributed by atoms with van der Waals surface area (Å²) in [4.78, 5) is 19.9. The molecular weight excluding hydrogens is 430 g/mol. The molecule has 0 atom stereocenters. The third-order valence-electron chi connectivity index (χ3n) is 5.13. The summed E-state index contributed by atoms with van der Waals surface area (Å²) in [6.45, 7) is 3.10. The van der Waals surface area contributed by atoms with Gasteiger partial charge < -0.3 is 4.90 Å². The molecule has 1 saturated heterocycles. The smallest absolute Gasteiger partial charge is 0.265 e. The van der Waals surface area contributed by atoms with Gasteiger partial charge in [0.05, 0.1) is 5.69 Å². The second kappa shape index (κ2) is 9.13. The van der Waals surface area contributed by atoms with Crippen LogP contribution in [0.25, 0.3) is 16.6 Å². The van der Waals surface area contributed by atoms with Crippen molar-refractivity contribution in [2.75, 3.05) is 26.2 Å². The summed E-state index contributed by atoms with van der Waals surface area (Å²) in [6, 6.07) is 19.1. The Morgan fingerprint density at radius 3 is 2.23 bits per heavy atom. The third kappa shape index (κ3) is 4.92. The number of aryl methyl sites for hydroxylation is 1. The molecule has 2 heterocycles. The summed E-state index contributed by atoms with van der Waals surface area (Å²) in [5.41, 5.74) is 2.51. The summed E-state index contributed by atoms with van der Waals surface area (Å²) in [6.07, 6.45) is 1.60. The molecule has 0 unspecified atom stereocenters. The van der Waals surface area contributed by atoms with E-state index in [0.29, 0.717) is 23.7 Å². The highest BCUT2D eigenvalue weighted by Gasteiger charge is 2.29.